The molecule has 0 spiro atoms. The highest BCUT2D eigenvalue weighted by Crippen LogP contribution is 2.42. The molecule has 10 aromatic carbocycles. The van der Waals surface area contributed by atoms with E-state index in [-0.39, 0.29) is 59.2 Å². The summed E-state index contributed by atoms with van der Waals surface area (Å²) in [5.41, 5.74) is 12.2. The number of hydrogen-bond donors (Lipinski definition) is 4. The van der Waals surface area contributed by atoms with Crippen LogP contribution in [0.15, 0.2) is 293 Å². The van der Waals surface area contributed by atoms with Crippen LogP contribution >= 0.6 is 22.2 Å². The molecule has 4 N–H and O–H groups in total. The lowest BCUT2D eigenvalue weighted by atomic mass is 10.00. The molecule has 125 heavy (non-hydrogen) atoms. The van der Waals surface area contributed by atoms with Crippen molar-refractivity contribution in [2.75, 3.05) is 40.4 Å². The van der Waals surface area contributed by atoms with Gasteiger partial charge in [0.15, 0.2) is 78.5 Å². The minimum absolute atomic E-state index is 0.0136. The largest absolute Gasteiger partial charge is 0.508 e. The van der Waals surface area contributed by atoms with E-state index in [1.54, 1.807) is 36.4 Å². The minimum Gasteiger partial charge on any atom is -0.508 e. The number of ketones is 2. The van der Waals surface area contributed by atoms with Gasteiger partial charge in [0.2, 0.25) is 0 Å². The number of rotatable bonds is 26. The van der Waals surface area contributed by atoms with Crippen molar-refractivity contribution in [3.8, 4) is 28.7 Å². The van der Waals surface area contributed by atoms with Gasteiger partial charge in [-0.05, 0) is 206 Å². The molecule has 10 rings (SSSR count). The van der Waals surface area contributed by atoms with Gasteiger partial charge in [-0.15, -0.1) is 0 Å². The molecular weight excluding hydrogens is 1680 g/mol. The molecule has 0 aliphatic rings. The Morgan fingerprint density at radius 3 is 0.640 bits per heavy atom. The van der Waals surface area contributed by atoms with Gasteiger partial charge in [0.25, 0.3) is 0 Å². The van der Waals surface area contributed by atoms with Crippen LogP contribution in [0, 0.1) is 0 Å². The summed E-state index contributed by atoms with van der Waals surface area (Å²) in [5.74, 6) is 3.14. The van der Waals surface area contributed by atoms with Crippen molar-refractivity contribution in [3.63, 3.8) is 0 Å². The van der Waals surface area contributed by atoms with E-state index in [4.69, 9.17) is 74.8 Å². The van der Waals surface area contributed by atoms with Gasteiger partial charge in [-0.1, -0.05) is 338 Å². The maximum atomic E-state index is 12.4. The van der Waals surface area contributed by atoms with Crippen LogP contribution in [0.2, 0.25) is 90.7 Å². The van der Waals surface area contributed by atoms with Crippen LogP contribution in [0.5, 0.6) is 28.7 Å². The Morgan fingerprint density at radius 1 is 0.280 bits per heavy atom. The summed E-state index contributed by atoms with van der Waals surface area (Å²) in [5, 5.41) is 34.8. The fraction of sp³-hybridized carbons (Fsp3) is 0.352. The Balaban J connectivity index is 0.000000383. The molecule has 10 aromatic rings. The number of aromatic hydroxyl groups is 1. The van der Waals surface area contributed by atoms with Crippen molar-refractivity contribution in [1.82, 2.24) is 0 Å². The van der Waals surface area contributed by atoms with Gasteiger partial charge in [0.1, 0.15) is 28.7 Å². The number of phenols is 1. The van der Waals surface area contributed by atoms with Crippen molar-refractivity contribution in [2.24, 2.45) is 0 Å². The van der Waals surface area contributed by atoms with Crippen LogP contribution < -0.4 is 18.9 Å². The molecule has 676 valence electrons. The molecule has 0 atom stereocenters. The monoisotopic (exact) mass is 1820 g/mol. The van der Waals surface area contributed by atoms with Crippen LogP contribution in [0.25, 0.3) is 16.7 Å². The first-order chi connectivity index (χ1) is 58.1. The van der Waals surface area contributed by atoms with E-state index in [1.165, 1.54) is 12.1 Å². The predicted octanol–water partition coefficient (Wildman–Crippen LogP) is 29.0. The summed E-state index contributed by atoms with van der Waals surface area (Å²) in [6, 6.07) is 85.7. The van der Waals surface area contributed by atoms with Gasteiger partial charge >= 0.3 is 0 Å². The lowest BCUT2D eigenvalue weighted by Gasteiger charge is -2.35. The molecule has 0 aromatic heterocycles. The average Bonchev–Trinajstić information content (AvgIpc) is 0.846. The normalized spacial score (nSPS) is 11.6. The minimum atomic E-state index is -1.81. The predicted molar refractivity (Wildman–Crippen MR) is 541 cm³/mol. The van der Waals surface area contributed by atoms with E-state index >= 15 is 0 Å². The summed E-state index contributed by atoms with van der Waals surface area (Å²) in [6.45, 7) is 68.3. The summed E-state index contributed by atoms with van der Waals surface area (Å²) in [6.07, 6.45) is 0.500. The number of halogens is 2. The Hall–Kier alpha value is -8.82. The third-order valence-corrected chi connectivity index (χ3v) is 46.7. The van der Waals surface area contributed by atoms with Crippen LogP contribution in [0.1, 0.15) is 176 Å². The van der Waals surface area contributed by atoms with Crippen molar-refractivity contribution >= 4 is 90.2 Å². The van der Waals surface area contributed by atoms with E-state index in [0.717, 1.165) is 61.6 Å². The first-order valence-corrected chi connectivity index (χ1v) is 59.1. The number of aliphatic hydroxyl groups is 3. The Labute approximate surface area is 765 Å². The number of carbonyl (C=O) groups excluding carboxylic acids is 2. The standard InChI is InChI=1S/2C21H28O2Si.C20H26O3Si.C15H14O2.C13H10O2.2C6H15ClSi.C3H8O2/c2*1-17(18-10-8-7-9-11-18)19-12-14-20(15-13-19)22-16-23-24(5,6)21(2,3)4;1-20(2,3)24(4,5)23-15-22-18-13-11-17(12-14-18)19(21)16-9-7-6-8-10-16;1-12(13-5-3-2-4-6-13)14-7-9-15(10-8-14)17-11-16;14-12-8-6-11(7-9-12)13(15)10-4-2-1-3-5-10;2*1-6(2,3)8(4,5)7;4-2-1-3-5/h2*7-15H,1,16H2,2-6H3;6-14H,15H2,1-5H3;2-10,16H,1,11H2;1-9,14H;2*1-5H3;4-5H,1-3H2. The molecule has 0 unspecified atom stereocenters. The SMILES string of the molecule is C=C(c1ccccc1)c1ccc(OCO)cc1.C=C(c1ccccc1)c1ccc(OCO[Si](C)(C)C(C)(C)C)cc1.C=C(c1ccccc1)c1ccc(OCO[Si](C)(C)C(C)(C)C)cc1.CC(C)(C)[Si](C)(C)Cl.CC(C)(C)[Si](C)(C)Cl.CC(C)(C)[Si](C)(C)OCOc1ccc(C(=O)c2ccccc2)cc1.O=C(c1ccccc1)c1ccc(O)cc1.OCCCO. The maximum Gasteiger partial charge on any atom is 0.196 e. The smallest absolute Gasteiger partial charge is 0.196 e. The summed E-state index contributed by atoms with van der Waals surface area (Å²) >= 11 is 12.3. The van der Waals surface area contributed by atoms with Crippen molar-refractivity contribution in [2.45, 2.75) is 201 Å². The second-order valence-electron chi connectivity index (χ2n) is 37.6. The third kappa shape index (κ3) is 40.0. The molecule has 0 amide bonds. The van der Waals surface area contributed by atoms with Gasteiger partial charge in [-0.3, -0.25) is 9.59 Å². The first-order valence-electron chi connectivity index (χ1n) is 42.4. The van der Waals surface area contributed by atoms with E-state index in [1.807, 2.05) is 200 Å². The lowest BCUT2D eigenvalue weighted by Crippen LogP contribution is -2.41. The zero-order valence-corrected chi connectivity index (χ0v) is 85.8. The maximum absolute atomic E-state index is 12.4. The Kier molecular flexibility index (Phi) is 45.8. The van der Waals surface area contributed by atoms with Crippen LogP contribution in [0.3, 0.4) is 0 Å². The lowest BCUT2D eigenvalue weighted by molar-refractivity contribution is 0.0984. The average molecular weight is 1830 g/mol. The molecular formula is C105H144Cl2O13Si5. The summed E-state index contributed by atoms with van der Waals surface area (Å²) in [4.78, 5) is 24.2. The van der Waals surface area contributed by atoms with Gasteiger partial charge in [-0.2, -0.15) is 22.2 Å². The molecule has 0 saturated heterocycles. The number of ether oxygens (including phenoxy) is 4. The third-order valence-electron chi connectivity index (χ3n) is 22.8. The van der Waals surface area contributed by atoms with Gasteiger partial charge in [0, 0.05) is 35.5 Å². The summed E-state index contributed by atoms with van der Waals surface area (Å²) in [7, 11) is -8.13. The highest BCUT2D eigenvalue weighted by Gasteiger charge is 2.40. The number of phenolic OH excluding ortho intramolecular Hbond substituents is 1. The highest BCUT2D eigenvalue weighted by atomic mass is 35.6. The molecule has 0 saturated carbocycles. The van der Waals surface area contributed by atoms with Gasteiger partial charge in [-0.25, -0.2) is 0 Å². The molecule has 0 radical (unpaired) electrons. The number of carbonyl (C=O) groups is 2. The zero-order chi connectivity index (χ0) is 94.3. The molecule has 0 aliphatic heterocycles. The molecule has 0 bridgehead atoms. The van der Waals surface area contributed by atoms with E-state index in [9.17, 15) is 9.59 Å². The fourth-order valence-electron chi connectivity index (χ4n) is 9.03. The topological polar surface area (TPSA) is 180 Å². The quantitative estimate of drug-likeness (QED) is 0.0174. The molecule has 0 aliphatic carbocycles. The Morgan fingerprint density at radius 2 is 0.456 bits per heavy atom. The van der Waals surface area contributed by atoms with Crippen LogP contribution in [0.4, 0.5) is 0 Å². The number of hydrogen-bond acceptors (Lipinski definition) is 13. The summed E-state index contributed by atoms with van der Waals surface area (Å²) < 4.78 is 40.3. The van der Waals surface area contributed by atoms with E-state index < -0.39 is 39.7 Å². The zero-order valence-electron chi connectivity index (χ0n) is 79.3. The first kappa shape index (κ1) is 110. The number of aliphatic hydroxyl groups excluding tert-OH is 3. The van der Waals surface area contributed by atoms with Gasteiger partial charge < -0.3 is 52.7 Å². The fourth-order valence-corrected chi connectivity index (χ4v) is 11.4. The molecule has 20 heteroatoms. The number of benzene rings is 10. The molecule has 0 heterocycles. The van der Waals surface area contributed by atoms with Crippen LogP contribution in [-0.2, 0) is 13.3 Å². The van der Waals surface area contributed by atoms with E-state index in [2.05, 4.69) is 213 Å². The second kappa shape index (κ2) is 51.9. The van der Waals surface area contributed by atoms with E-state index in [0.29, 0.717) is 63.8 Å². The molecule has 0 fully saturated rings. The van der Waals surface area contributed by atoms with Crippen molar-refractivity contribution in [3.05, 3.63) is 348 Å². The molecule has 13 nitrogen and oxygen atoms in total. The second-order valence-corrected chi connectivity index (χ2v) is 66.6. The highest BCUT2D eigenvalue weighted by molar-refractivity contribution is 7.21. The van der Waals surface area contributed by atoms with Crippen molar-refractivity contribution < 1.29 is 62.2 Å². The van der Waals surface area contributed by atoms with Gasteiger partial charge in [0.05, 0.1) is 0 Å². The van der Waals surface area contributed by atoms with Crippen LogP contribution in [-0.4, -0.2) is 112 Å². The Bertz CT molecular complexity index is 4420. The van der Waals surface area contributed by atoms with Crippen molar-refractivity contribution in [1.29, 1.82) is 0 Å².